The van der Waals surface area contributed by atoms with Crippen molar-refractivity contribution in [2.24, 2.45) is 4.99 Å². The van der Waals surface area contributed by atoms with Crippen LogP contribution in [0.25, 0.3) is 17.0 Å². The van der Waals surface area contributed by atoms with Gasteiger partial charge in [-0.05, 0) is 37.8 Å². The van der Waals surface area contributed by atoms with E-state index >= 15 is 0 Å². The van der Waals surface area contributed by atoms with Gasteiger partial charge in [0.2, 0.25) is 0 Å². The number of hydrogen-bond acceptors (Lipinski definition) is 3. The van der Waals surface area contributed by atoms with E-state index in [0.29, 0.717) is 6.04 Å². The lowest BCUT2D eigenvalue weighted by Crippen LogP contribution is -2.23. The Morgan fingerprint density at radius 2 is 2.00 bits per heavy atom. The molecule has 2 heterocycles. The fourth-order valence-electron chi connectivity index (χ4n) is 2.66. The molecule has 0 radical (unpaired) electrons. The maximum Gasteiger partial charge on any atom is 0.266 e. The average molecular weight is 313 g/mol. The van der Waals surface area contributed by atoms with Crippen molar-refractivity contribution in [2.75, 3.05) is 14.1 Å². The van der Waals surface area contributed by atoms with Crippen LogP contribution < -0.4 is 0 Å². The van der Waals surface area contributed by atoms with Crippen molar-refractivity contribution in [1.82, 2.24) is 9.47 Å². The van der Waals surface area contributed by atoms with Gasteiger partial charge in [0.15, 0.2) is 5.17 Å². The molecular weight excluding hydrogens is 294 g/mol. The molecule has 2 aromatic rings. The molecule has 1 aliphatic rings. The van der Waals surface area contributed by atoms with Gasteiger partial charge in [0.1, 0.15) is 0 Å². The quantitative estimate of drug-likeness (QED) is 0.792. The highest BCUT2D eigenvalue weighted by Gasteiger charge is 2.30. The minimum Gasteiger partial charge on any atom is -0.344 e. The molecule has 22 heavy (non-hydrogen) atoms. The van der Waals surface area contributed by atoms with Crippen molar-refractivity contribution in [3.05, 3.63) is 40.9 Å². The number of carbonyl (C=O) groups is 1. The standard InChI is InChI=1S/C17H19N3OS/c1-11(2)20-10-12(13-7-5-6-8-14(13)20)9-15-16(21)19(4)17(18-3)22-15/h5-11H,1-4H3/b15-9+,18-17?. The van der Waals surface area contributed by atoms with Gasteiger partial charge in [-0.2, -0.15) is 0 Å². The van der Waals surface area contributed by atoms with Crippen molar-refractivity contribution in [3.8, 4) is 0 Å². The molecule has 0 N–H and O–H groups in total. The lowest BCUT2D eigenvalue weighted by atomic mass is 10.1. The van der Waals surface area contributed by atoms with Crippen molar-refractivity contribution in [3.63, 3.8) is 0 Å². The number of aliphatic imine (C=N–C) groups is 1. The van der Waals surface area contributed by atoms with Crippen molar-refractivity contribution < 1.29 is 4.79 Å². The fourth-order valence-corrected chi connectivity index (χ4v) is 3.58. The van der Waals surface area contributed by atoms with Crippen LogP contribution in [0.3, 0.4) is 0 Å². The van der Waals surface area contributed by atoms with E-state index in [-0.39, 0.29) is 5.91 Å². The maximum atomic E-state index is 12.3. The summed E-state index contributed by atoms with van der Waals surface area (Å²) >= 11 is 1.43. The molecule has 0 unspecified atom stereocenters. The lowest BCUT2D eigenvalue weighted by molar-refractivity contribution is -0.121. The summed E-state index contributed by atoms with van der Waals surface area (Å²) < 4.78 is 2.24. The Kier molecular flexibility index (Phi) is 3.83. The number of carbonyl (C=O) groups excluding carboxylic acids is 1. The van der Waals surface area contributed by atoms with Gasteiger partial charge in [-0.25, -0.2) is 0 Å². The molecular formula is C17H19N3OS. The Bertz CT molecular complexity index is 801. The molecule has 1 amide bonds. The maximum absolute atomic E-state index is 12.3. The van der Waals surface area contributed by atoms with Crippen LogP contribution in [-0.4, -0.2) is 34.6 Å². The van der Waals surface area contributed by atoms with E-state index in [0.717, 1.165) is 15.6 Å². The van der Waals surface area contributed by atoms with Crippen LogP contribution >= 0.6 is 11.8 Å². The molecule has 0 bridgehead atoms. The van der Waals surface area contributed by atoms with Crippen molar-refractivity contribution >= 4 is 39.8 Å². The average Bonchev–Trinajstić information content (AvgIpc) is 3.01. The lowest BCUT2D eigenvalue weighted by Gasteiger charge is -2.08. The van der Waals surface area contributed by atoms with Gasteiger partial charge in [0, 0.05) is 42.8 Å². The predicted octanol–water partition coefficient (Wildman–Crippen LogP) is 3.75. The summed E-state index contributed by atoms with van der Waals surface area (Å²) in [6.07, 6.45) is 4.10. The number of amidine groups is 1. The van der Waals surface area contributed by atoms with Crippen LogP contribution in [0.5, 0.6) is 0 Å². The zero-order valence-electron chi connectivity index (χ0n) is 13.2. The molecule has 1 aliphatic heterocycles. The van der Waals surface area contributed by atoms with Crippen LogP contribution in [0.15, 0.2) is 40.4 Å². The number of benzene rings is 1. The van der Waals surface area contributed by atoms with Gasteiger partial charge in [-0.1, -0.05) is 18.2 Å². The third-order valence-electron chi connectivity index (χ3n) is 3.81. The Morgan fingerprint density at radius 3 is 2.64 bits per heavy atom. The Morgan fingerprint density at radius 1 is 1.27 bits per heavy atom. The Balaban J connectivity index is 2.12. The minimum absolute atomic E-state index is 0.00646. The van der Waals surface area contributed by atoms with Crippen molar-refractivity contribution in [2.45, 2.75) is 19.9 Å². The smallest absolute Gasteiger partial charge is 0.266 e. The number of para-hydroxylation sites is 1. The van der Waals surface area contributed by atoms with E-state index in [1.54, 1.807) is 19.0 Å². The van der Waals surface area contributed by atoms with E-state index in [4.69, 9.17) is 0 Å². The summed E-state index contributed by atoms with van der Waals surface area (Å²) in [6, 6.07) is 8.67. The molecule has 0 spiro atoms. The highest BCUT2D eigenvalue weighted by atomic mass is 32.2. The molecule has 114 valence electrons. The molecule has 0 saturated carbocycles. The number of nitrogens with zero attached hydrogens (tertiary/aromatic N) is 3. The molecule has 1 aromatic carbocycles. The molecule has 4 nitrogen and oxygen atoms in total. The number of hydrogen-bond donors (Lipinski definition) is 0. The second kappa shape index (κ2) is 5.65. The van der Waals surface area contributed by atoms with Gasteiger partial charge >= 0.3 is 0 Å². The first-order valence-corrected chi connectivity index (χ1v) is 8.08. The predicted molar refractivity (Wildman–Crippen MR) is 94.0 cm³/mol. The Labute approximate surface area is 134 Å². The highest BCUT2D eigenvalue weighted by Crippen LogP contribution is 2.33. The Hall–Kier alpha value is -2.01. The number of thioether (sulfide) groups is 1. The van der Waals surface area contributed by atoms with E-state index in [9.17, 15) is 4.79 Å². The highest BCUT2D eigenvalue weighted by molar-refractivity contribution is 8.18. The van der Waals surface area contributed by atoms with Crippen LogP contribution in [0.1, 0.15) is 25.5 Å². The van der Waals surface area contributed by atoms with Gasteiger partial charge in [0.05, 0.1) is 4.91 Å². The van der Waals surface area contributed by atoms with E-state index < -0.39 is 0 Å². The summed E-state index contributed by atoms with van der Waals surface area (Å²) in [5, 5.41) is 1.91. The number of aromatic nitrogens is 1. The largest absolute Gasteiger partial charge is 0.344 e. The van der Waals surface area contributed by atoms with Crippen LogP contribution in [0, 0.1) is 0 Å². The molecule has 1 aromatic heterocycles. The zero-order chi connectivity index (χ0) is 15.9. The second-order valence-electron chi connectivity index (χ2n) is 5.58. The first-order valence-electron chi connectivity index (χ1n) is 7.27. The molecule has 5 heteroatoms. The third kappa shape index (κ3) is 2.35. The summed E-state index contributed by atoms with van der Waals surface area (Å²) in [6.45, 7) is 4.32. The summed E-state index contributed by atoms with van der Waals surface area (Å²) in [5.74, 6) is 0.00646. The normalized spacial score (nSPS) is 19.3. The molecule has 3 rings (SSSR count). The van der Waals surface area contributed by atoms with Crippen LogP contribution in [-0.2, 0) is 4.79 Å². The summed E-state index contributed by atoms with van der Waals surface area (Å²) in [4.78, 5) is 18.8. The molecule has 1 saturated heterocycles. The minimum atomic E-state index is 0.00646. The third-order valence-corrected chi connectivity index (χ3v) is 4.96. The topological polar surface area (TPSA) is 37.6 Å². The van der Waals surface area contributed by atoms with Crippen molar-refractivity contribution in [1.29, 1.82) is 0 Å². The number of fused-ring (bicyclic) bond motifs is 1. The fraction of sp³-hybridized carbons (Fsp3) is 0.294. The van der Waals surface area contributed by atoms with Gasteiger partial charge in [-0.15, -0.1) is 0 Å². The van der Waals surface area contributed by atoms with Gasteiger partial charge < -0.3 is 4.57 Å². The second-order valence-corrected chi connectivity index (χ2v) is 6.59. The van der Waals surface area contributed by atoms with Gasteiger partial charge in [-0.3, -0.25) is 14.7 Å². The molecule has 0 atom stereocenters. The van der Waals surface area contributed by atoms with Gasteiger partial charge in [0.25, 0.3) is 5.91 Å². The number of likely N-dealkylation sites (N-methyl/N-ethyl adjacent to an activating group) is 1. The summed E-state index contributed by atoms with van der Waals surface area (Å²) in [5.41, 5.74) is 2.27. The SMILES string of the molecule is CN=C1S/C(=C/c2cn(C(C)C)c3ccccc23)C(=O)N1C. The number of rotatable bonds is 2. The first-order chi connectivity index (χ1) is 10.5. The van der Waals surface area contributed by atoms with Crippen LogP contribution in [0.4, 0.5) is 0 Å². The van der Waals surface area contributed by atoms with Crippen LogP contribution in [0.2, 0.25) is 0 Å². The van der Waals surface area contributed by atoms with E-state index in [1.807, 2.05) is 18.2 Å². The number of amides is 1. The zero-order valence-corrected chi connectivity index (χ0v) is 14.0. The van der Waals surface area contributed by atoms with E-state index in [1.165, 1.54) is 22.7 Å². The molecule has 0 aliphatic carbocycles. The van der Waals surface area contributed by atoms with E-state index in [2.05, 4.69) is 41.7 Å². The monoisotopic (exact) mass is 313 g/mol. The molecule has 1 fully saturated rings. The summed E-state index contributed by atoms with van der Waals surface area (Å²) in [7, 11) is 3.47. The first kappa shape index (κ1) is 14.9.